The van der Waals surface area contributed by atoms with Gasteiger partial charge in [0, 0.05) is 5.25 Å². The van der Waals surface area contributed by atoms with Gasteiger partial charge in [0.05, 0.1) is 6.10 Å². The highest BCUT2D eigenvalue weighted by molar-refractivity contribution is 8.67. The molecule has 0 aliphatic heterocycles. The van der Waals surface area contributed by atoms with Gasteiger partial charge < -0.3 is 9.42 Å². The molecule has 0 fully saturated rings. The van der Waals surface area contributed by atoms with Crippen LogP contribution in [0.15, 0.2) is 0 Å². The molecule has 0 aliphatic rings. The highest BCUT2D eigenvalue weighted by Gasteiger charge is 2.19. The zero-order valence-electron chi connectivity index (χ0n) is 7.98. The molecule has 0 heterocycles. The average molecular weight is 228 g/mol. The molecule has 2 unspecified atom stereocenters. The molecule has 0 aliphatic carbocycles. The van der Waals surface area contributed by atoms with Crippen molar-refractivity contribution in [3.05, 3.63) is 0 Å². The van der Waals surface area contributed by atoms with Crippen molar-refractivity contribution in [1.29, 1.82) is 0 Å². The maximum atomic E-state index is 9.65. The summed E-state index contributed by atoms with van der Waals surface area (Å²) < 4.78 is 5.25. The van der Waals surface area contributed by atoms with Crippen molar-refractivity contribution in [2.45, 2.75) is 45.5 Å². The van der Waals surface area contributed by atoms with E-state index in [0.29, 0.717) is 5.25 Å². The zero-order chi connectivity index (χ0) is 9.78. The van der Waals surface area contributed by atoms with Gasteiger partial charge in [0.2, 0.25) is 5.69 Å². The van der Waals surface area contributed by atoms with Crippen molar-refractivity contribution in [3.8, 4) is 0 Å². The second-order valence-corrected chi connectivity index (χ2v) is 9.41. The first-order valence-corrected chi connectivity index (χ1v) is 8.22. The Morgan fingerprint density at radius 3 is 2.33 bits per heavy atom. The molecule has 0 spiro atoms. The van der Waals surface area contributed by atoms with Gasteiger partial charge in [-0.25, -0.2) is 0 Å². The van der Waals surface area contributed by atoms with E-state index >= 15 is 0 Å². The van der Waals surface area contributed by atoms with Gasteiger partial charge >= 0.3 is 0 Å². The Labute approximate surface area is 84.0 Å². The normalized spacial score (nSPS) is 19.2. The van der Waals surface area contributed by atoms with E-state index in [9.17, 15) is 4.89 Å². The minimum absolute atomic E-state index is 0.0115. The fraction of sp³-hybridized carbons (Fsp3) is 1.00. The lowest BCUT2D eigenvalue weighted by molar-refractivity contribution is 0.248. The molecule has 0 amide bonds. The van der Waals surface area contributed by atoms with Crippen molar-refractivity contribution in [2.75, 3.05) is 0 Å². The zero-order valence-corrected chi connectivity index (χ0v) is 10.5. The second kappa shape index (κ2) is 5.61. The van der Waals surface area contributed by atoms with Crippen LogP contribution in [0.4, 0.5) is 0 Å². The minimum Gasteiger partial charge on any atom is -0.337 e. The molecule has 0 bridgehead atoms. The summed E-state index contributed by atoms with van der Waals surface area (Å²) in [6, 6.07) is 0. The van der Waals surface area contributed by atoms with E-state index in [1.54, 1.807) is 0 Å². The lowest BCUT2D eigenvalue weighted by Crippen LogP contribution is -2.00. The molecule has 74 valence electrons. The Balaban J connectivity index is 3.95. The molecule has 5 heteroatoms. The Hall–Kier alpha value is 0.920. The lowest BCUT2D eigenvalue weighted by atomic mass is 10.4. The van der Waals surface area contributed by atoms with Gasteiger partial charge in [0.25, 0.3) is 0 Å². The molecule has 0 radical (unpaired) electrons. The Kier molecular flexibility index (Phi) is 6.04. The number of hydrogen-bond acceptors (Lipinski definition) is 3. The van der Waals surface area contributed by atoms with Gasteiger partial charge in [0.15, 0.2) is 0 Å². The van der Waals surface area contributed by atoms with Crippen LogP contribution in [0.2, 0.25) is 0 Å². The maximum Gasteiger partial charge on any atom is 0.245 e. The van der Waals surface area contributed by atoms with Crippen LogP contribution in [0.25, 0.3) is 0 Å². The van der Waals surface area contributed by atoms with Crippen LogP contribution in [-0.4, -0.2) is 16.2 Å². The third kappa shape index (κ3) is 6.44. The summed E-state index contributed by atoms with van der Waals surface area (Å²) in [4.78, 5) is 9.65. The highest BCUT2D eigenvalue weighted by atomic mass is 32.9. The summed E-state index contributed by atoms with van der Waals surface area (Å²) in [6.07, 6.45) is 1.02. The first-order chi connectivity index (χ1) is 5.37. The SMILES string of the molecule is CCC(C)SP(O)(=S)OC(C)C. The average Bonchev–Trinajstić information content (AvgIpc) is 1.83. The molecule has 0 aromatic carbocycles. The monoisotopic (exact) mass is 228 g/mol. The molecular weight excluding hydrogens is 211 g/mol. The third-order valence-electron chi connectivity index (χ3n) is 1.23. The highest BCUT2D eigenvalue weighted by Crippen LogP contribution is 2.59. The Morgan fingerprint density at radius 1 is 1.50 bits per heavy atom. The number of hydrogen-bond donors (Lipinski definition) is 1. The van der Waals surface area contributed by atoms with Crippen LogP contribution in [0.5, 0.6) is 0 Å². The molecule has 2 atom stereocenters. The summed E-state index contributed by atoms with van der Waals surface area (Å²) in [5, 5.41) is 0.375. The van der Waals surface area contributed by atoms with Crippen LogP contribution in [-0.2, 0) is 16.3 Å². The summed E-state index contributed by atoms with van der Waals surface area (Å²) in [6.45, 7) is 7.89. The molecule has 1 N–H and O–H groups in total. The summed E-state index contributed by atoms with van der Waals surface area (Å²) in [7, 11) is 0. The predicted molar refractivity (Wildman–Crippen MR) is 60.1 cm³/mol. The van der Waals surface area contributed by atoms with Crippen LogP contribution >= 0.6 is 17.1 Å². The molecule has 2 nitrogen and oxygen atoms in total. The quantitative estimate of drug-likeness (QED) is 0.732. The van der Waals surface area contributed by atoms with Crippen LogP contribution in [0.3, 0.4) is 0 Å². The van der Waals surface area contributed by atoms with E-state index in [4.69, 9.17) is 16.3 Å². The lowest BCUT2D eigenvalue weighted by Gasteiger charge is -2.20. The van der Waals surface area contributed by atoms with Gasteiger partial charge in [-0.3, -0.25) is 0 Å². The fourth-order valence-electron chi connectivity index (χ4n) is 0.593. The largest absolute Gasteiger partial charge is 0.337 e. The van der Waals surface area contributed by atoms with Crippen LogP contribution < -0.4 is 0 Å². The van der Waals surface area contributed by atoms with Gasteiger partial charge in [-0.1, -0.05) is 25.2 Å². The van der Waals surface area contributed by atoms with E-state index in [1.807, 2.05) is 20.8 Å². The van der Waals surface area contributed by atoms with Gasteiger partial charge in [0.1, 0.15) is 0 Å². The number of rotatable bonds is 5. The van der Waals surface area contributed by atoms with E-state index < -0.39 is 5.69 Å². The first-order valence-electron chi connectivity index (χ1n) is 4.07. The van der Waals surface area contributed by atoms with Gasteiger partial charge in [-0.2, -0.15) is 0 Å². The molecule has 0 aromatic rings. The maximum absolute atomic E-state index is 9.65. The van der Waals surface area contributed by atoms with Gasteiger partial charge in [-0.15, -0.1) is 0 Å². The first kappa shape index (κ1) is 12.9. The van der Waals surface area contributed by atoms with Crippen molar-refractivity contribution in [2.24, 2.45) is 0 Å². The summed E-state index contributed by atoms with van der Waals surface area (Å²) >= 11 is 6.36. The molecule has 0 saturated heterocycles. The van der Waals surface area contributed by atoms with E-state index in [2.05, 4.69) is 6.92 Å². The van der Waals surface area contributed by atoms with Crippen molar-refractivity contribution in [3.63, 3.8) is 0 Å². The Morgan fingerprint density at radius 2 is 2.00 bits per heavy atom. The van der Waals surface area contributed by atoms with E-state index in [-0.39, 0.29) is 6.10 Å². The predicted octanol–water partition coefficient (Wildman–Crippen LogP) is 3.16. The molecule has 12 heavy (non-hydrogen) atoms. The summed E-state index contributed by atoms with van der Waals surface area (Å²) in [5.74, 6) is 0. The van der Waals surface area contributed by atoms with Crippen LogP contribution in [0, 0.1) is 0 Å². The third-order valence-corrected chi connectivity index (χ3v) is 6.05. The molecule has 0 saturated carbocycles. The van der Waals surface area contributed by atoms with Crippen molar-refractivity contribution in [1.82, 2.24) is 0 Å². The fourth-order valence-corrected chi connectivity index (χ4v) is 6.10. The molecule has 0 rings (SSSR count). The molecule has 0 aromatic heterocycles. The van der Waals surface area contributed by atoms with Crippen molar-refractivity contribution < 1.29 is 9.42 Å². The van der Waals surface area contributed by atoms with Crippen molar-refractivity contribution >= 4 is 28.9 Å². The molecular formula is C7H17O2PS2. The summed E-state index contributed by atoms with van der Waals surface area (Å²) in [5.41, 5.74) is -2.57. The topological polar surface area (TPSA) is 29.5 Å². The van der Waals surface area contributed by atoms with E-state index in [0.717, 1.165) is 6.42 Å². The smallest absolute Gasteiger partial charge is 0.245 e. The Bertz CT molecular complexity index is 173. The second-order valence-electron chi connectivity index (χ2n) is 2.95. The van der Waals surface area contributed by atoms with Crippen LogP contribution in [0.1, 0.15) is 34.1 Å². The van der Waals surface area contributed by atoms with Gasteiger partial charge in [-0.05, 0) is 32.1 Å². The van der Waals surface area contributed by atoms with E-state index in [1.165, 1.54) is 11.4 Å². The standard InChI is InChI=1S/C7H17O2PS2/c1-5-7(4)12-10(8,11)9-6(2)3/h6-7H,5H2,1-4H3,(H,8,11). The minimum atomic E-state index is -2.57.